The quantitative estimate of drug-likeness (QED) is 0.654. The molecule has 1 N–H and O–H groups in total. The van der Waals surface area contributed by atoms with E-state index in [4.69, 9.17) is 0 Å². The molecule has 2 heteroatoms. The lowest BCUT2D eigenvalue weighted by molar-refractivity contribution is 0.177. The second kappa shape index (κ2) is 6.44. The Morgan fingerprint density at radius 3 is 2.00 bits per heavy atom. The van der Waals surface area contributed by atoms with Crippen LogP contribution in [0.15, 0.2) is 0 Å². The predicted molar refractivity (Wildman–Crippen MR) is 55.5 cm³/mol. The molecule has 0 aliphatic rings. The molecular formula is C10H24N2. The highest BCUT2D eigenvalue weighted by Gasteiger charge is 2.16. The molecule has 0 saturated heterocycles. The maximum Gasteiger partial charge on any atom is 0.0104 e. The van der Waals surface area contributed by atoms with Crippen LogP contribution >= 0.6 is 0 Å². The number of hydrogen-bond acceptors (Lipinski definition) is 2. The van der Waals surface area contributed by atoms with Crippen molar-refractivity contribution in [3.05, 3.63) is 0 Å². The fourth-order valence-corrected chi connectivity index (χ4v) is 1.65. The summed E-state index contributed by atoms with van der Waals surface area (Å²) >= 11 is 0. The molecule has 0 saturated carbocycles. The van der Waals surface area contributed by atoms with E-state index in [1.54, 1.807) is 0 Å². The Morgan fingerprint density at radius 1 is 1.17 bits per heavy atom. The second-order valence-electron chi connectivity index (χ2n) is 3.50. The summed E-state index contributed by atoms with van der Waals surface area (Å²) in [6.07, 6.45) is 0. The Morgan fingerprint density at radius 2 is 1.67 bits per heavy atom. The molecule has 2 unspecified atom stereocenters. The first-order valence-electron chi connectivity index (χ1n) is 5.05. The van der Waals surface area contributed by atoms with Crippen molar-refractivity contribution < 1.29 is 0 Å². The SMILES string of the molecule is CCN(CC)C(C)C(C)CNC. The molecule has 0 aliphatic heterocycles. The van der Waals surface area contributed by atoms with Crippen LogP contribution in [0.25, 0.3) is 0 Å². The summed E-state index contributed by atoms with van der Waals surface area (Å²) in [5, 5.41) is 3.22. The van der Waals surface area contributed by atoms with Crippen LogP contribution in [-0.2, 0) is 0 Å². The molecule has 0 fully saturated rings. The van der Waals surface area contributed by atoms with Crippen molar-refractivity contribution in [1.82, 2.24) is 10.2 Å². The lowest BCUT2D eigenvalue weighted by Gasteiger charge is -2.31. The van der Waals surface area contributed by atoms with E-state index < -0.39 is 0 Å². The number of nitrogens with zero attached hydrogens (tertiary/aromatic N) is 1. The molecule has 0 aromatic carbocycles. The predicted octanol–water partition coefficient (Wildman–Crippen LogP) is 1.57. The van der Waals surface area contributed by atoms with Crippen molar-refractivity contribution in [2.24, 2.45) is 5.92 Å². The third kappa shape index (κ3) is 3.55. The Balaban J connectivity index is 3.87. The number of nitrogens with one attached hydrogen (secondary N) is 1. The molecule has 2 atom stereocenters. The van der Waals surface area contributed by atoms with Crippen LogP contribution < -0.4 is 5.32 Å². The molecular weight excluding hydrogens is 148 g/mol. The van der Waals surface area contributed by atoms with E-state index in [9.17, 15) is 0 Å². The molecule has 0 radical (unpaired) electrons. The number of hydrogen-bond donors (Lipinski definition) is 1. The zero-order valence-electron chi connectivity index (χ0n) is 9.22. The Hall–Kier alpha value is -0.0800. The normalized spacial score (nSPS) is 16.5. The van der Waals surface area contributed by atoms with Crippen molar-refractivity contribution >= 4 is 0 Å². The van der Waals surface area contributed by atoms with E-state index in [2.05, 4.69) is 37.9 Å². The van der Waals surface area contributed by atoms with Gasteiger partial charge >= 0.3 is 0 Å². The highest BCUT2D eigenvalue weighted by Crippen LogP contribution is 2.08. The second-order valence-corrected chi connectivity index (χ2v) is 3.50. The molecule has 0 spiro atoms. The first-order valence-corrected chi connectivity index (χ1v) is 5.05. The summed E-state index contributed by atoms with van der Waals surface area (Å²) in [4.78, 5) is 2.50. The monoisotopic (exact) mass is 172 g/mol. The standard InChI is InChI=1S/C10H24N2/c1-6-12(7-2)10(4)9(3)8-11-5/h9-11H,6-8H2,1-5H3. The van der Waals surface area contributed by atoms with Crippen molar-refractivity contribution in [2.75, 3.05) is 26.7 Å². The molecule has 2 nitrogen and oxygen atoms in total. The largest absolute Gasteiger partial charge is 0.319 e. The van der Waals surface area contributed by atoms with Gasteiger partial charge in [0.1, 0.15) is 0 Å². The highest BCUT2D eigenvalue weighted by atomic mass is 15.1. The van der Waals surface area contributed by atoms with Crippen LogP contribution in [0.2, 0.25) is 0 Å². The van der Waals surface area contributed by atoms with E-state index >= 15 is 0 Å². The van der Waals surface area contributed by atoms with Crippen molar-refractivity contribution in [2.45, 2.75) is 33.7 Å². The summed E-state index contributed by atoms with van der Waals surface area (Å²) in [6.45, 7) is 12.5. The van der Waals surface area contributed by atoms with Gasteiger partial charge in [-0.1, -0.05) is 20.8 Å². The van der Waals surface area contributed by atoms with E-state index in [-0.39, 0.29) is 0 Å². The number of rotatable bonds is 6. The van der Waals surface area contributed by atoms with Gasteiger partial charge < -0.3 is 10.2 Å². The molecule has 0 rings (SSSR count). The Labute approximate surface area is 77.3 Å². The summed E-state index contributed by atoms with van der Waals surface area (Å²) in [5.41, 5.74) is 0. The smallest absolute Gasteiger partial charge is 0.0104 e. The minimum atomic E-state index is 0.687. The molecule has 74 valence electrons. The summed E-state index contributed by atoms with van der Waals surface area (Å²) in [7, 11) is 2.02. The van der Waals surface area contributed by atoms with Crippen LogP contribution in [0.3, 0.4) is 0 Å². The van der Waals surface area contributed by atoms with Crippen molar-refractivity contribution in [1.29, 1.82) is 0 Å². The molecule has 0 aromatic rings. The molecule has 0 bridgehead atoms. The molecule has 12 heavy (non-hydrogen) atoms. The highest BCUT2D eigenvalue weighted by molar-refractivity contribution is 4.72. The van der Waals surface area contributed by atoms with Crippen LogP contribution in [0.4, 0.5) is 0 Å². The van der Waals surface area contributed by atoms with E-state index in [1.165, 1.54) is 0 Å². The summed E-state index contributed by atoms with van der Waals surface area (Å²) < 4.78 is 0. The fourth-order valence-electron chi connectivity index (χ4n) is 1.65. The van der Waals surface area contributed by atoms with Gasteiger partial charge in [-0.25, -0.2) is 0 Å². The van der Waals surface area contributed by atoms with Crippen molar-refractivity contribution in [3.63, 3.8) is 0 Å². The van der Waals surface area contributed by atoms with Crippen LogP contribution in [0.1, 0.15) is 27.7 Å². The van der Waals surface area contributed by atoms with Gasteiger partial charge in [-0.3, -0.25) is 0 Å². The molecule has 0 aromatic heterocycles. The van der Waals surface area contributed by atoms with Crippen LogP contribution in [0.5, 0.6) is 0 Å². The van der Waals surface area contributed by atoms with Gasteiger partial charge in [0.05, 0.1) is 0 Å². The average Bonchev–Trinajstić information content (AvgIpc) is 2.07. The minimum Gasteiger partial charge on any atom is -0.319 e. The Kier molecular flexibility index (Phi) is 6.39. The molecule has 0 amide bonds. The lowest BCUT2D eigenvalue weighted by Crippen LogP contribution is -2.40. The van der Waals surface area contributed by atoms with Crippen LogP contribution in [0, 0.1) is 5.92 Å². The third-order valence-corrected chi connectivity index (χ3v) is 2.74. The maximum absolute atomic E-state index is 3.22. The van der Waals surface area contributed by atoms with Crippen molar-refractivity contribution in [3.8, 4) is 0 Å². The fraction of sp³-hybridized carbons (Fsp3) is 1.00. The third-order valence-electron chi connectivity index (χ3n) is 2.74. The van der Waals surface area contributed by atoms with E-state index in [1.807, 2.05) is 7.05 Å². The zero-order valence-corrected chi connectivity index (χ0v) is 9.22. The summed E-state index contributed by atoms with van der Waals surface area (Å²) in [6, 6.07) is 0.687. The van der Waals surface area contributed by atoms with Gasteiger partial charge in [0.2, 0.25) is 0 Å². The van der Waals surface area contributed by atoms with Gasteiger partial charge in [-0.2, -0.15) is 0 Å². The minimum absolute atomic E-state index is 0.687. The van der Waals surface area contributed by atoms with E-state index in [0.717, 1.165) is 25.6 Å². The van der Waals surface area contributed by atoms with Gasteiger partial charge in [-0.15, -0.1) is 0 Å². The lowest BCUT2D eigenvalue weighted by atomic mass is 10.0. The van der Waals surface area contributed by atoms with Gasteiger partial charge in [0, 0.05) is 6.04 Å². The zero-order chi connectivity index (χ0) is 9.56. The first-order chi connectivity index (χ1) is 5.67. The van der Waals surface area contributed by atoms with Gasteiger partial charge in [0.15, 0.2) is 0 Å². The van der Waals surface area contributed by atoms with Crippen LogP contribution in [-0.4, -0.2) is 37.6 Å². The van der Waals surface area contributed by atoms with Gasteiger partial charge in [-0.05, 0) is 39.5 Å². The maximum atomic E-state index is 3.22. The first kappa shape index (κ1) is 11.9. The average molecular weight is 172 g/mol. The van der Waals surface area contributed by atoms with E-state index in [0.29, 0.717) is 6.04 Å². The topological polar surface area (TPSA) is 15.3 Å². The summed E-state index contributed by atoms with van der Waals surface area (Å²) in [5.74, 6) is 0.731. The molecule has 0 heterocycles. The Bertz CT molecular complexity index is 100. The molecule has 0 aliphatic carbocycles. The van der Waals surface area contributed by atoms with Gasteiger partial charge in [0.25, 0.3) is 0 Å².